The van der Waals surface area contributed by atoms with E-state index in [4.69, 9.17) is 9.84 Å². The van der Waals surface area contributed by atoms with E-state index in [1.165, 1.54) is 23.2 Å². The summed E-state index contributed by atoms with van der Waals surface area (Å²) >= 11 is 0. The number of nitrogens with one attached hydrogen (secondary N) is 2. The van der Waals surface area contributed by atoms with Gasteiger partial charge >= 0.3 is 41.6 Å². The summed E-state index contributed by atoms with van der Waals surface area (Å²) in [7, 11) is 0. The molecule has 2 heterocycles. The first-order valence-electron chi connectivity index (χ1n) is 9.75. The number of carboxylic acid groups (broad SMARTS) is 1. The molecule has 0 bridgehead atoms. The molecule has 0 aliphatic carbocycles. The number of nitrogens with zero attached hydrogens (tertiary/aromatic N) is 4. The zero-order valence-corrected chi connectivity index (χ0v) is 20.3. The van der Waals surface area contributed by atoms with Gasteiger partial charge in [0.15, 0.2) is 0 Å². The summed E-state index contributed by atoms with van der Waals surface area (Å²) in [4.78, 5) is 56.1. The van der Waals surface area contributed by atoms with Crippen LogP contribution in [0.5, 0.6) is 0 Å². The molecule has 0 saturated heterocycles. The number of alkyl carbamates (subject to hydrolysis) is 1. The number of rotatable bonds is 7. The molecule has 3 N–H and O–H groups in total. The maximum atomic E-state index is 11.9. The van der Waals surface area contributed by atoms with Gasteiger partial charge in [-0.25, -0.2) is 19.6 Å². The third-order valence-corrected chi connectivity index (χ3v) is 4.73. The Bertz CT molecular complexity index is 1470. The van der Waals surface area contributed by atoms with Crippen LogP contribution in [0.3, 0.4) is 0 Å². The van der Waals surface area contributed by atoms with Crippen molar-refractivity contribution in [3.05, 3.63) is 92.4 Å². The summed E-state index contributed by atoms with van der Waals surface area (Å²) in [6.07, 6.45) is 2.03. The van der Waals surface area contributed by atoms with Gasteiger partial charge in [-0.1, -0.05) is 30.3 Å². The van der Waals surface area contributed by atoms with Gasteiger partial charge in [0.25, 0.3) is 11.2 Å². The fourth-order valence-corrected chi connectivity index (χ4v) is 3.14. The maximum Gasteiger partial charge on any atom is 1.00 e. The van der Waals surface area contributed by atoms with Crippen LogP contribution in [0.15, 0.2) is 59.8 Å². The van der Waals surface area contributed by atoms with Crippen molar-refractivity contribution in [2.45, 2.75) is 13.2 Å². The minimum Gasteiger partial charge on any atom is -0.476 e. The van der Waals surface area contributed by atoms with E-state index in [1.807, 2.05) is 30.3 Å². The Kier molecular flexibility index (Phi) is 7.96. The van der Waals surface area contributed by atoms with Crippen molar-refractivity contribution in [2.24, 2.45) is 0 Å². The summed E-state index contributed by atoms with van der Waals surface area (Å²) in [6, 6.07) is 11.6. The molecule has 0 spiro atoms. The third-order valence-electron chi connectivity index (χ3n) is 4.73. The van der Waals surface area contributed by atoms with Crippen LogP contribution in [0.4, 0.5) is 10.5 Å². The number of benzene rings is 2. The molecule has 0 atom stereocenters. The Labute approximate surface area is 218 Å². The largest absolute Gasteiger partial charge is 1.00 e. The van der Waals surface area contributed by atoms with Gasteiger partial charge in [0, 0.05) is 18.8 Å². The molecule has 0 fully saturated rings. The quantitative estimate of drug-likeness (QED) is 0.170. The molecule has 0 aliphatic heterocycles. The van der Waals surface area contributed by atoms with Crippen LogP contribution in [0.1, 0.15) is 21.7 Å². The molecule has 2 aromatic carbocycles. The number of aromatic carboxylic acids is 1. The van der Waals surface area contributed by atoms with E-state index in [0.717, 1.165) is 11.6 Å². The molecule has 2 aromatic heterocycles. The maximum absolute atomic E-state index is 11.9. The zero-order valence-electron chi connectivity index (χ0n) is 18.3. The summed E-state index contributed by atoms with van der Waals surface area (Å²) in [5, 5.41) is 23.3. The first kappa shape index (κ1) is 25.6. The van der Waals surface area contributed by atoms with Gasteiger partial charge in [0.1, 0.15) is 12.3 Å². The topological polar surface area (TPSA) is 182 Å². The van der Waals surface area contributed by atoms with E-state index in [-0.39, 0.29) is 65.1 Å². The molecule has 13 nitrogen and oxygen atoms in total. The number of aromatic nitrogens is 4. The van der Waals surface area contributed by atoms with E-state index in [9.17, 15) is 24.5 Å². The van der Waals surface area contributed by atoms with Gasteiger partial charge in [-0.15, -0.1) is 0 Å². The summed E-state index contributed by atoms with van der Waals surface area (Å²) in [5.74, 6) is -1.53. The number of carbonyl (C=O) groups is 2. The van der Waals surface area contributed by atoms with Crippen molar-refractivity contribution in [1.29, 1.82) is 0 Å². The summed E-state index contributed by atoms with van der Waals surface area (Å²) in [5.41, 5.74) is -0.825. The number of H-pyrrole nitrogens is 1. The molecular weight excluding hydrogens is 471 g/mol. The average Bonchev–Trinajstić information content (AvgIpc) is 3.29. The number of ether oxygens (including phenoxy) is 1. The number of carbonyl (C=O) groups excluding carboxylic acids is 1. The van der Waals surface area contributed by atoms with Crippen molar-refractivity contribution >= 4 is 28.8 Å². The Morgan fingerprint density at radius 2 is 1.97 bits per heavy atom. The molecule has 4 aromatic rings. The van der Waals surface area contributed by atoms with Crippen LogP contribution in [0.2, 0.25) is 0 Å². The molecule has 0 unspecified atom stereocenters. The Hall–Kier alpha value is -4.07. The smallest absolute Gasteiger partial charge is 0.476 e. The molecular formula is C21H16N6NaO7+. The number of nitro benzene ring substituents is 1. The van der Waals surface area contributed by atoms with E-state index < -0.39 is 28.2 Å². The first-order chi connectivity index (χ1) is 16.3. The third kappa shape index (κ3) is 5.90. The number of aromatic amines is 1. The predicted molar refractivity (Wildman–Crippen MR) is 117 cm³/mol. The van der Waals surface area contributed by atoms with Crippen LogP contribution in [-0.2, 0) is 17.9 Å². The van der Waals surface area contributed by atoms with Crippen molar-refractivity contribution in [3.63, 3.8) is 0 Å². The van der Waals surface area contributed by atoms with Crippen molar-refractivity contribution in [2.75, 3.05) is 0 Å². The van der Waals surface area contributed by atoms with Gasteiger partial charge in [-0.05, 0) is 11.6 Å². The van der Waals surface area contributed by atoms with Crippen molar-refractivity contribution in [3.8, 4) is 5.69 Å². The Balaban J connectivity index is 0.00000342. The zero-order chi connectivity index (χ0) is 24.2. The van der Waals surface area contributed by atoms with E-state index in [0.29, 0.717) is 5.69 Å². The van der Waals surface area contributed by atoms with Crippen molar-refractivity contribution in [1.82, 2.24) is 24.8 Å². The van der Waals surface area contributed by atoms with E-state index in [2.05, 4.69) is 20.3 Å². The van der Waals surface area contributed by atoms with Gasteiger partial charge in [-0.2, -0.15) is 0 Å². The van der Waals surface area contributed by atoms with Crippen LogP contribution in [0.25, 0.3) is 16.7 Å². The molecule has 0 radical (unpaired) electrons. The van der Waals surface area contributed by atoms with Crippen LogP contribution >= 0.6 is 0 Å². The van der Waals surface area contributed by atoms with Crippen molar-refractivity contribution < 1.29 is 53.9 Å². The van der Waals surface area contributed by atoms with E-state index in [1.54, 1.807) is 0 Å². The number of hydrogen-bond donors (Lipinski definition) is 3. The SMILES string of the molecule is O=C(NCc1ccccc1)OCc1cn(-c2cc3nc(C(=O)O)c(=O)[nH]c3cc2[N+](=O)[O-])cn1.[Na+]. The number of hydrogen-bond acceptors (Lipinski definition) is 8. The predicted octanol–water partition coefficient (Wildman–Crippen LogP) is -0.854. The second kappa shape index (κ2) is 10.9. The monoisotopic (exact) mass is 487 g/mol. The number of carboxylic acids is 1. The Morgan fingerprint density at radius 1 is 1.23 bits per heavy atom. The normalized spacial score (nSPS) is 10.4. The Morgan fingerprint density at radius 3 is 2.66 bits per heavy atom. The number of imidazole rings is 1. The molecule has 0 aliphatic rings. The van der Waals surface area contributed by atoms with Gasteiger partial charge < -0.3 is 20.1 Å². The summed E-state index contributed by atoms with van der Waals surface area (Å²) < 4.78 is 6.44. The van der Waals surface area contributed by atoms with Crippen LogP contribution < -0.4 is 40.4 Å². The molecule has 35 heavy (non-hydrogen) atoms. The molecule has 172 valence electrons. The number of nitro groups is 1. The second-order valence-corrected chi connectivity index (χ2v) is 7.02. The second-order valence-electron chi connectivity index (χ2n) is 7.02. The molecule has 4 rings (SSSR count). The molecule has 0 saturated carbocycles. The standard InChI is InChI=1S/C21H16N6O7.Na/c28-19-18(20(29)30)24-14-6-16(17(27(32)33)7-15(14)25-19)26-9-13(23-11-26)10-34-21(31)22-8-12-4-2-1-3-5-12;/h1-7,9,11H,8,10H2,(H,22,31)(H,25,28)(H,29,30);/q;+1. The minimum atomic E-state index is -1.53. The van der Waals surface area contributed by atoms with Crippen LogP contribution in [-0.4, -0.2) is 41.6 Å². The fourth-order valence-electron chi connectivity index (χ4n) is 3.14. The molecule has 14 heteroatoms. The van der Waals surface area contributed by atoms with Gasteiger partial charge in [0.2, 0.25) is 5.69 Å². The number of fused-ring (bicyclic) bond motifs is 1. The van der Waals surface area contributed by atoms with E-state index >= 15 is 0 Å². The summed E-state index contributed by atoms with van der Waals surface area (Å²) in [6.45, 7) is 0.0918. The minimum absolute atomic E-state index is 0. The van der Waals surface area contributed by atoms with Gasteiger partial charge in [0.05, 0.1) is 28.0 Å². The first-order valence-corrected chi connectivity index (χ1v) is 9.75. The average molecular weight is 487 g/mol. The van der Waals surface area contributed by atoms with Gasteiger partial charge in [-0.3, -0.25) is 19.5 Å². The van der Waals surface area contributed by atoms with Crippen LogP contribution in [0, 0.1) is 10.1 Å². The number of amides is 1. The fraction of sp³-hybridized carbons (Fsp3) is 0.0952. The molecule has 1 amide bonds.